The van der Waals surface area contributed by atoms with Gasteiger partial charge in [-0.2, -0.15) is 10.4 Å². The van der Waals surface area contributed by atoms with Crippen molar-refractivity contribution in [3.05, 3.63) is 11.6 Å². The van der Waals surface area contributed by atoms with Crippen LogP contribution in [0.25, 0.3) is 0 Å². The van der Waals surface area contributed by atoms with E-state index in [-0.39, 0.29) is 18.9 Å². The number of carbonyl (C=O) groups is 1. The molecule has 68 valence electrons. The van der Waals surface area contributed by atoms with E-state index in [0.29, 0.717) is 11.6 Å². The minimum atomic E-state index is -0.315. The van der Waals surface area contributed by atoms with Crippen LogP contribution in [-0.2, 0) is 11.3 Å². The van der Waals surface area contributed by atoms with Gasteiger partial charge in [-0.1, -0.05) is 0 Å². The van der Waals surface area contributed by atoms with E-state index < -0.39 is 0 Å². The summed E-state index contributed by atoms with van der Waals surface area (Å²) in [4.78, 5) is 14.8. The fraction of sp³-hybridized carbons (Fsp3) is 0.429. The SMILES string of the molecule is Cc1nc(CNC(=O)CC#N)n[nH]1. The van der Waals surface area contributed by atoms with E-state index in [0.717, 1.165) is 0 Å². The zero-order valence-corrected chi connectivity index (χ0v) is 7.16. The van der Waals surface area contributed by atoms with Crippen LogP contribution in [-0.4, -0.2) is 21.1 Å². The smallest absolute Gasteiger partial charge is 0.234 e. The minimum absolute atomic E-state index is 0.136. The summed E-state index contributed by atoms with van der Waals surface area (Å²) >= 11 is 0. The van der Waals surface area contributed by atoms with Gasteiger partial charge in [0.15, 0.2) is 5.82 Å². The molecular formula is C7H9N5O. The average molecular weight is 179 g/mol. The van der Waals surface area contributed by atoms with Crippen molar-refractivity contribution in [1.29, 1.82) is 5.26 Å². The number of nitriles is 1. The second kappa shape index (κ2) is 4.21. The number of aryl methyl sites for hydroxylation is 1. The number of amides is 1. The molecule has 0 saturated carbocycles. The number of nitrogens with one attached hydrogen (secondary N) is 2. The molecule has 6 heteroatoms. The predicted octanol–water partition coefficient (Wildman–Crippen LogP) is -0.357. The van der Waals surface area contributed by atoms with E-state index in [1.807, 2.05) is 0 Å². The second-order valence-corrected chi connectivity index (χ2v) is 2.45. The van der Waals surface area contributed by atoms with Gasteiger partial charge in [0.2, 0.25) is 5.91 Å². The zero-order chi connectivity index (χ0) is 9.68. The number of H-pyrrole nitrogens is 1. The fourth-order valence-electron chi connectivity index (χ4n) is 0.780. The molecule has 0 aliphatic rings. The first-order valence-electron chi connectivity index (χ1n) is 3.74. The van der Waals surface area contributed by atoms with Crippen molar-refractivity contribution in [2.75, 3.05) is 0 Å². The first-order chi connectivity index (χ1) is 6.22. The van der Waals surface area contributed by atoms with Crippen molar-refractivity contribution < 1.29 is 4.79 Å². The molecule has 0 aromatic carbocycles. The summed E-state index contributed by atoms with van der Waals surface area (Å²) in [6.45, 7) is 2.03. The predicted molar refractivity (Wildman–Crippen MR) is 43.2 cm³/mol. The Morgan fingerprint density at radius 3 is 3.08 bits per heavy atom. The van der Waals surface area contributed by atoms with Gasteiger partial charge in [-0.15, -0.1) is 0 Å². The molecule has 0 spiro atoms. The van der Waals surface area contributed by atoms with Crippen LogP contribution in [0, 0.1) is 18.3 Å². The van der Waals surface area contributed by atoms with Crippen molar-refractivity contribution in [3.8, 4) is 6.07 Å². The maximum Gasteiger partial charge on any atom is 0.234 e. The Morgan fingerprint density at radius 2 is 2.54 bits per heavy atom. The number of hydrogen-bond acceptors (Lipinski definition) is 4. The van der Waals surface area contributed by atoms with Gasteiger partial charge in [0.1, 0.15) is 12.2 Å². The number of carbonyl (C=O) groups excluding carboxylic acids is 1. The lowest BCUT2D eigenvalue weighted by Gasteiger charge is -1.96. The number of nitrogens with zero attached hydrogens (tertiary/aromatic N) is 3. The zero-order valence-electron chi connectivity index (χ0n) is 7.16. The number of aromatic amines is 1. The summed E-state index contributed by atoms with van der Waals surface area (Å²) in [5.74, 6) is 0.901. The number of aromatic nitrogens is 3. The molecule has 6 nitrogen and oxygen atoms in total. The van der Waals surface area contributed by atoms with Gasteiger partial charge in [-0.3, -0.25) is 9.89 Å². The summed E-state index contributed by atoms with van der Waals surface area (Å²) < 4.78 is 0. The first kappa shape index (κ1) is 9.19. The highest BCUT2D eigenvalue weighted by Gasteiger charge is 2.02. The van der Waals surface area contributed by atoms with E-state index >= 15 is 0 Å². The Kier molecular flexibility index (Phi) is 2.97. The molecule has 0 aliphatic carbocycles. The second-order valence-electron chi connectivity index (χ2n) is 2.45. The van der Waals surface area contributed by atoms with Crippen molar-refractivity contribution in [3.63, 3.8) is 0 Å². The average Bonchev–Trinajstić information content (AvgIpc) is 2.49. The third kappa shape index (κ3) is 2.91. The summed E-state index contributed by atoms with van der Waals surface area (Å²) in [6, 6.07) is 1.75. The van der Waals surface area contributed by atoms with Crippen LogP contribution in [0.3, 0.4) is 0 Å². The first-order valence-corrected chi connectivity index (χ1v) is 3.74. The van der Waals surface area contributed by atoms with Crippen LogP contribution in [0.5, 0.6) is 0 Å². The molecule has 13 heavy (non-hydrogen) atoms. The summed E-state index contributed by atoms with van der Waals surface area (Å²) in [5.41, 5.74) is 0. The Bertz CT molecular complexity index is 337. The molecule has 1 rings (SSSR count). The molecule has 1 amide bonds. The van der Waals surface area contributed by atoms with Crippen molar-refractivity contribution in [1.82, 2.24) is 20.5 Å². The molecule has 0 bridgehead atoms. The molecule has 0 atom stereocenters. The Balaban J connectivity index is 2.36. The molecule has 0 radical (unpaired) electrons. The third-order valence-electron chi connectivity index (χ3n) is 1.33. The molecule has 0 unspecified atom stereocenters. The highest BCUT2D eigenvalue weighted by atomic mass is 16.1. The van der Waals surface area contributed by atoms with E-state index in [4.69, 9.17) is 5.26 Å². The molecule has 1 heterocycles. The van der Waals surface area contributed by atoms with Crippen LogP contribution >= 0.6 is 0 Å². The van der Waals surface area contributed by atoms with E-state index in [1.54, 1.807) is 13.0 Å². The maximum atomic E-state index is 10.8. The normalized spacial score (nSPS) is 9.23. The molecule has 0 aliphatic heterocycles. The fourth-order valence-corrected chi connectivity index (χ4v) is 0.780. The van der Waals surface area contributed by atoms with Gasteiger partial charge in [0.25, 0.3) is 0 Å². The lowest BCUT2D eigenvalue weighted by molar-refractivity contribution is -0.120. The van der Waals surface area contributed by atoms with Gasteiger partial charge in [0.05, 0.1) is 12.6 Å². The molecular weight excluding hydrogens is 170 g/mol. The van der Waals surface area contributed by atoms with Gasteiger partial charge >= 0.3 is 0 Å². The quantitative estimate of drug-likeness (QED) is 0.662. The van der Waals surface area contributed by atoms with Crippen LogP contribution < -0.4 is 5.32 Å². The van der Waals surface area contributed by atoms with Gasteiger partial charge in [-0.05, 0) is 6.92 Å². The Hall–Kier alpha value is -1.90. The molecule has 0 saturated heterocycles. The molecule has 1 aromatic heterocycles. The Morgan fingerprint density at radius 1 is 1.77 bits per heavy atom. The van der Waals surface area contributed by atoms with E-state index in [2.05, 4.69) is 20.5 Å². The monoisotopic (exact) mass is 179 g/mol. The standard InChI is InChI=1S/C7H9N5O/c1-5-10-6(12-11-5)4-9-7(13)2-3-8/h2,4H2,1H3,(H,9,13)(H,10,11,12). The lowest BCUT2D eigenvalue weighted by Crippen LogP contribution is -2.22. The van der Waals surface area contributed by atoms with Crippen LogP contribution in [0.4, 0.5) is 0 Å². The lowest BCUT2D eigenvalue weighted by atomic mass is 10.4. The molecule has 1 aromatic rings. The highest BCUT2D eigenvalue weighted by molar-refractivity contribution is 5.77. The third-order valence-corrected chi connectivity index (χ3v) is 1.33. The molecule has 2 N–H and O–H groups in total. The van der Waals surface area contributed by atoms with Gasteiger partial charge in [0, 0.05) is 0 Å². The molecule has 0 fully saturated rings. The van der Waals surface area contributed by atoms with Crippen LogP contribution in [0.2, 0.25) is 0 Å². The van der Waals surface area contributed by atoms with Crippen LogP contribution in [0.15, 0.2) is 0 Å². The topological polar surface area (TPSA) is 94.5 Å². The maximum absolute atomic E-state index is 10.8. The van der Waals surface area contributed by atoms with Gasteiger partial charge < -0.3 is 5.32 Å². The van der Waals surface area contributed by atoms with E-state index in [9.17, 15) is 4.79 Å². The largest absolute Gasteiger partial charge is 0.348 e. The number of rotatable bonds is 3. The summed E-state index contributed by atoms with van der Waals surface area (Å²) in [5, 5.41) is 17.2. The minimum Gasteiger partial charge on any atom is -0.348 e. The summed E-state index contributed by atoms with van der Waals surface area (Å²) in [7, 11) is 0. The van der Waals surface area contributed by atoms with Crippen molar-refractivity contribution >= 4 is 5.91 Å². The van der Waals surface area contributed by atoms with Crippen molar-refractivity contribution in [2.24, 2.45) is 0 Å². The van der Waals surface area contributed by atoms with Gasteiger partial charge in [-0.25, -0.2) is 4.98 Å². The summed E-state index contributed by atoms with van der Waals surface area (Å²) in [6.07, 6.45) is -0.136. The number of hydrogen-bond donors (Lipinski definition) is 2. The van der Waals surface area contributed by atoms with Crippen molar-refractivity contribution in [2.45, 2.75) is 19.9 Å². The Labute approximate surface area is 75.0 Å². The van der Waals surface area contributed by atoms with E-state index in [1.165, 1.54) is 0 Å². The van der Waals surface area contributed by atoms with Crippen LogP contribution in [0.1, 0.15) is 18.1 Å². The highest BCUT2D eigenvalue weighted by Crippen LogP contribution is 1.89.